The van der Waals surface area contributed by atoms with E-state index in [-0.39, 0.29) is 5.82 Å². The van der Waals surface area contributed by atoms with Crippen LogP contribution in [0.4, 0.5) is 4.39 Å². The third-order valence-electron chi connectivity index (χ3n) is 5.01. The molecule has 0 saturated heterocycles. The molecule has 130 valence electrons. The largest absolute Gasteiger partial charge is 0.327 e. The zero-order chi connectivity index (χ0) is 17.8. The van der Waals surface area contributed by atoms with E-state index in [0.29, 0.717) is 10.6 Å². The van der Waals surface area contributed by atoms with E-state index in [9.17, 15) is 4.39 Å². The molecule has 0 fully saturated rings. The van der Waals surface area contributed by atoms with E-state index >= 15 is 0 Å². The summed E-state index contributed by atoms with van der Waals surface area (Å²) in [5.41, 5.74) is 7.08. The van der Waals surface area contributed by atoms with Crippen LogP contribution in [0, 0.1) is 12.7 Å². The number of fused-ring (bicyclic) bond motifs is 2. The van der Waals surface area contributed by atoms with Crippen LogP contribution in [0.5, 0.6) is 0 Å². The summed E-state index contributed by atoms with van der Waals surface area (Å²) < 4.78 is 17.3. The summed E-state index contributed by atoms with van der Waals surface area (Å²) in [6, 6.07) is 9.48. The van der Waals surface area contributed by atoms with E-state index < -0.39 is 0 Å². The van der Waals surface area contributed by atoms with Crippen LogP contribution in [-0.4, -0.2) is 14.5 Å². The smallest absolute Gasteiger partial charge is 0.127 e. The van der Waals surface area contributed by atoms with Crippen molar-refractivity contribution < 1.29 is 4.39 Å². The third kappa shape index (κ3) is 2.31. The highest BCUT2D eigenvalue weighted by molar-refractivity contribution is 7.16. The maximum absolute atomic E-state index is 13.9. The number of aromatic nitrogens is 3. The zero-order valence-electron chi connectivity index (χ0n) is 14.1. The summed E-state index contributed by atoms with van der Waals surface area (Å²) in [6.07, 6.45) is 2.04. The lowest BCUT2D eigenvalue weighted by atomic mass is 10.0. The Morgan fingerprint density at radius 2 is 2.12 bits per heavy atom. The summed E-state index contributed by atoms with van der Waals surface area (Å²) in [5, 5.41) is 0.432. The van der Waals surface area contributed by atoms with Gasteiger partial charge in [0.15, 0.2) is 0 Å². The summed E-state index contributed by atoms with van der Waals surface area (Å²) in [7, 11) is 0. The molecule has 0 amide bonds. The van der Waals surface area contributed by atoms with Crippen LogP contribution >= 0.6 is 22.9 Å². The van der Waals surface area contributed by atoms with E-state index in [2.05, 4.69) is 21.7 Å². The Labute approximate surface area is 159 Å². The lowest BCUT2D eigenvalue weighted by molar-refractivity contribution is 0.619. The van der Waals surface area contributed by atoms with Crippen molar-refractivity contribution in [1.29, 1.82) is 0 Å². The number of rotatable bonds is 2. The van der Waals surface area contributed by atoms with Crippen LogP contribution in [0.2, 0.25) is 5.02 Å². The number of thiazole rings is 1. The standard InChI is InChI=1S/C20H15ClFN3S/c1-11-14(22)6-5-13(18(11)21)19-20(25-8-2-3-17(25)24-19)12-4-7-15-16(9-12)26-10-23-15/h4-7,9-10H,2-3,8H2,1H3. The number of benzene rings is 2. The van der Waals surface area contributed by atoms with Gasteiger partial charge in [0, 0.05) is 29.7 Å². The number of aryl methyl sites for hydroxylation is 1. The van der Waals surface area contributed by atoms with Gasteiger partial charge in [-0.3, -0.25) is 0 Å². The van der Waals surface area contributed by atoms with E-state index in [1.54, 1.807) is 24.3 Å². The first-order valence-corrected chi connectivity index (χ1v) is 9.77. The zero-order valence-corrected chi connectivity index (χ0v) is 15.7. The van der Waals surface area contributed by atoms with Gasteiger partial charge < -0.3 is 4.57 Å². The summed E-state index contributed by atoms with van der Waals surface area (Å²) in [5.74, 6) is 0.774. The Hall–Kier alpha value is -2.24. The second-order valence-corrected chi connectivity index (χ2v) is 7.81. The molecule has 0 radical (unpaired) electrons. The molecule has 0 bridgehead atoms. The van der Waals surface area contributed by atoms with Crippen molar-refractivity contribution >= 4 is 33.2 Å². The van der Waals surface area contributed by atoms with Gasteiger partial charge in [-0.25, -0.2) is 14.4 Å². The first kappa shape index (κ1) is 16.0. The third-order valence-corrected chi connectivity index (χ3v) is 6.29. The van der Waals surface area contributed by atoms with E-state index in [1.165, 1.54) is 6.07 Å². The average Bonchev–Trinajstić information content (AvgIpc) is 3.34. The fraction of sp³-hybridized carbons (Fsp3) is 0.200. The quantitative estimate of drug-likeness (QED) is 0.433. The second kappa shape index (κ2) is 5.89. The molecule has 2 aromatic heterocycles. The monoisotopic (exact) mass is 383 g/mol. The topological polar surface area (TPSA) is 30.7 Å². The first-order chi connectivity index (χ1) is 12.6. The molecule has 0 spiro atoms. The highest BCUT2D eigenvalue weighted by Crippen LogP contribution is 2.40. The Morgan fingerprint density at radius 3 is 3.00 bits per heavy atom. The molecule has 0 atom stereocenters. The van der Waals surface area contributed by atoms with Gasteiger partial charge in [-0.05, 0) is 37.6 Å². The predicted octanol–water partition coefficient (Wildman–Crippen LogP) is 5.87. The fourth-order valence-electron chi connectivity index (χ4n) is 3.65. The van der Waals surface area contributed by atoms with Gasteiger partial charge in [0.1, 0.15) is 11.6 Å². The molecule has 1 aliphatic rings. The van der Waals surface area contributed by atoms with Crippen molar-refractivity contribution in [3.8, 4) is 22.5 Å². The SMILES string of the molecule is Cc1c(F)ccc(-c2nc3n(c2-c2ccc4ncsc4c2)CCC3)c1Cl. The number of nitrogens with zero attached hydrogens (tertiary/aromatic N) is 3. The van der Waals surface area contributed by atoms with Gasteiger partial charge in [0.05, 0.1) is 32.1 Å². The normalized spacial score (nSPS) is 13.5. The number of hydrogen-bond donors (Lipinski definition) is 0. The highest BCUT2D eigenvalue weighted by atomic mass is 35.5. The van der Waals surface area contributed by atoms with E-state index in [1.807, 2.05) is 11.6 Å². The van der Waals surface area contributed by atoms with Crippen molar-refractivity contribution in [1.82, 2.24) is 14.5 Å². The molecule has 5 rings (SSSR count). The molecular weight excluding hydrogens is 369 g/mol. The summed E-state index contributed by atoms with van der Waals surface area (Å²) in [4.78, 5) is 9.24. The molecule has 4 aromatic rings. The number of hydrogen-bond acceptors (Lipinski definition) is 3. The molecule has 0 unspecified atom stereocenters. The Bertz CT molecular complexity index is 1160. The van der Waals surface area contributed by atoms with Crippen LogP contribution in [0.25, 0.3) is 32.7 Å². The molecule has 1 aliphatic heterocycles. The fourth-order valence-corrected chi connectivity index (χ4v) is 4.61. The lowest BCUT2D eigenvalue weighted by Crippen LogP contribution is -1.97. The van der Waals surface area contributed by atoms with Gasteiger partial charge in [-0.2, -0.15) is 0 Å². The summed E-state index contributed by atoms with van der Waals surface area (Å²) in [6.45, 7) is 2.64. The van der Waals surface area contributed by atoms with Crippen molar-refractivity contribution in [3.05, 3.63) is 58.1 Å². The number of halogens is 2. The van der Waals surface area contributed by atoms with Gasteiger partial charge in [0.2, 0.25) is 0 Å². The van der Waals surface area contributed by atoms with Crippen LogP contribution in [0.15, 0.2) is 35.8 Å². The molecule has 2 aromatic carbocycles. The minimum atomic E-state index is -0.293. The van der Waals surface area contributed by atoms with Crippen LogP contribution in [0.1, 0.15) is 17.8 Å². The maximum atomic E-state index is 13.9. The lowest BCUT2D eigenvalue weighted by Gasteiger charge is -2.11. The molecule has 0 saturated carbocycles. The Morgan fingerprint density at radius 1 is 1.23 bits per heavy atom. The molecule has 3 nitrogen and oxygen atoms in total. The Kier molecular flexibility index (Phi) is 3.62. The van der Waals surface area contributed by atoms with Gasteiger partial charge in [0.25, 0.3) is 0 Å². The van der Waals surface area contributed by atoms with Crippen molar-refractivity contribution in [3.63, 3.8) is 0 Å². The molecule has 26 heavy (non-hydrogen) atoms. The van der Waals surface area contributed by atoms with Crippen LogP contribution in [-0.2, 0) is 13.0 Å². The average molecular weight is 384 g/mol. The molecule has 0 aliphatic carbocycles. The predicted molar refractivity (Wildman–Crippen MR) is 104 cm³/mol. The van der Waals surface area contributed by atoms with Gasteiger partial charge in [-0.1, -0.05) is 17.7 Å². The minimum absolute atomic E-state index is 0.293. The van der Waals surface area contributed by atoms with E-state index in [0.717, 1.165) is 57.9 Å². The second-order valence-electron chi connectivity index (χ2n) is 6.55. The molecule has 0 N–H and O–H groups in total. The first-order valence-electron chi connectivity index (χ1n) is 8.51. The molecule has 6 heteroatoms. The Balaban J connectivity index is 1.79. The highest BCUT2D eigenvalue weighted by Gasteiger charge is 2.25. The molecular formula is C20H15ClFN3S. The van der Waals surface area contributed by atoms with Crippen LogP contribution < -0.4 is 0 Å². The van der Waals surface area contributed by atoms with Gasteiger partial charge >= 0.3 is 0 Å². The van der Waals surface area contributed by atoms with Crippen molar-refractivity contribution in [2.75, 3.05) is 0 Å². The maximum Gasteiger partial charge on any atom is 0.127 e. The van der Waals surface area contributed by atoms with Crippen LogP contribution in [0.3, 0.4) is 0 Å². The van der Waals surface area contributed by atoms with Gasteiger partial charge in [-0.15, -0.1) is 11.3 Å². The molecule has 3 heterocycles. The van der Waals surface area contributed by atoms with Crippen molar-refractivity contribution in [2.24, 2.45) is 0 Å². The van der Waals surface area contributed by atoms with Crippen molar-refractivity contribution in [2.45, 2.75) is 26.3 Å². The minimum Gasteiger partial charge on any atom is -0.327 e. The number of imidazole rings is 1. The van der Waals surface area contributed by atoms with E-state index in [4.69, 9.17) is 16.6 Å². The summed E-state index contributed by atoms with van der Waals surface area (Å²) >= 11 is 8.12.